The van der Waals surface area contributed by atoms with Crippen LogP contribution in [0.1, 0.15) is 31.2 Å². The van der Waals surface area contributed by atoms with Crippen LogP contribution < -0.4 is 0 Å². The molecule has 0 bridgehead atoms. The lowest BCUT2D eigenvalue weighted by Crippen LogP contribution is -2.44. The fourth-order valence-corrected chi connectivity index (χ4v) is 4.38. The van der Waals surface area contributed by atoms with Gasteiger partial charge in [0.05, 0.1) is 18.5 Å². The first-order valence-electron chi connectivity index (χ1n) is 9.68. The average molecular weight is 342 g/mol. The van der Waals surface area contributed by atoms with E-state index in [1.165, 1.54) is 49.7 Å². The standard InChI is InChI=1S/C21H30N2O2/c1-22-10-7-18(8-11-22)23(2)15-20-5-4-19(25-20)14-16-3-6-21-17(13-16)9-12-24-21/h3,6,9,12-13,18-20H,4-5,7-8,10-11,14-15H2,1-2H3/t19-,20+/m0/s1. The SMILES string of the molecule is CN1CCC(N(C)C[C@H]2CC[C@@H](Cc3ccc4occc4c3)O2)CC1. The van der Waals surface area contributed by atoms with Crippen LogP contribution in [-0.4, -0.2) is 61.8 Å². The van der Waals surface area contributed by atoms with Gasteiger partial charge in [0.15, 0.2) is 0 Å². The lowest BCUT2D eigenvalue weighted by atomic mass is 10.0. The highest BCUT2D eigenvalue weighted by Crippen LogP contribution is 2.26. The van der Waals surface area contributed by atoms with E-state index in [0.29, 0.717) is 12.2 Å². The first kappa shape index (κ1) is 17.1. The van der Waals surface area contributed by atoms with Crippen LogP contribution >= 0.6 is 0 Å². The summed E-state index contributed by atoms with van der Waals surface area (Å²) in [5.41, 5.74) is 2.32. The van der Waals surface area contributed by atoms with Crippen LogP contribution in [0.5, 0.6) is 0 Å². The molecule has 0 unspecified atom stereocenters. The van der Waals surface area contributed by atoms with E-state index in [0.717, 1.165) is 24.6 Å². The molecular weight excluding hydrogens is 312 g/mol. The fourth-order valence-electron chi connectivity index (χ4n) is 4.38. The maximum Gasteiger partial charge on any atom is 0.133 e. The number of fused-ring (bicyclic) bond motifs is 1. The van der Waals surface area contributed by atoms with Gasteiger partial charge in [0, 0.05) is 18.0 Å². The van der Waals surface area contributed by atoms with E-state index in [4.69, 9.17) is 9.15 Å². The molecule has 0 aliphatic carbocycles. The third-order valence-electron chi connectivity index (χ3n) is 5.98. The molecule has 0 N–H and O–H groups in total. The normalized spacial score (nSPS) is 26.0. The minimum absolute atomic E-state index is 0.361. The van der Waals surface area contributed by atoms with E-state index in [9.17, 15) is 0 Å². The molecular formula is C21H30N2O2. The third kappa shape index (κ3) is 4.08. The van der Waals surface area contributed by atoms with Gasteiger partial charge in [-0.3, -0.25) is 0 Å². The Morgan fingerprint density at radius 1 is 1.08 bits per heavy atom. The third-order valence-corrected chi connectivity index (χ3v) is 5.98. The van der Waals surface area contributed by atoms with Gasteiger partial charge in [0.2, 0.25) is 0 Å². The summed E-state index contributed by atoms with van der Waals surface area (Å²) in [7, 11) is 4.50. The highest BCUT2D eigenvalue weighted by Gasteiger charge is 2.29. The molecule has 1 aromatic heterocycles. The van der Waals surface area contributed by atoms with Crippen molar-refractivity contribution in [3.8, 4) is 0 Å². The number of benzene rings is 1. The number of hydrogen-bond donors (Lipinski definition) is 0. The van der Waals surface area contributed by atoms with E-state index >= 15 is 0 Å². The van der Waals surface area contributed by atoms with Gasteiger partial charge in [-0.1, -0.05) is 6.07 Å². The molecule has 1 aromatic carbocycles. The number of ether oxygens (including phenoxy) is 1. The number of likely N-dealkylation sites (tertiary alicyclic amines) is 1. The van der Waals surface area contributed by atoms with Crippen molar-refractivity contribution >= 4 is 11.0 Å². The molecule has 2 atom stereocenters. The number of furan rings is 1. The summed E-state index contributed by atoms with van der Waals surface area (Å²) < 4.78 is 11.8. The van der Waals surface area contributed by atoms with Gasteiger partial charge in [-0.05, 0) is 83.1 Å². The van der Waals surface area contributed by atoms with Crippen LogP contribution in [0.3, 0.4) is 0 Å². The second-order valence-corrected chi connectivity index (χ2v) is 7.93. The highest BCUT2D eigenvalue weighted by atomic mass is 16.5. The summed E-state index contributed by atoms with van der Waals surface area (Å²) in [5.74, 6) is 0. The van der Waals surface area contributed by atoms with Crippen molar-refractivity contribution in [3.05, 3.63) is 36.1 Å². The van der Waals surface area contributed by atoms with E-state index in [-0.39, 0.29) is 0 Å². The molecule has 2 aromatic rings. The molecule has 0 spiro atoms. The molecule has 2 fully saturated rings. The Morgan fingerprint density at radius 3 is 2.72 bits per heavy atom. The molecule has 3 heterocycles. The fraction of sp³-hybridized carbons (Fsp3) is 0.619. The molecule has 2 aliphatic rings. The Labute approximate surface area is 150 Å². The van der Waals surface area contributed by atoms with Gasteiger partial charge in [0.1, 0.15) is 5.58 Å². The molecule has 4 rings (SSSR count). The van der Waals surface area contributed by atoms with Gasteiger partial charge in [-0.2, -0.15) is 0 Å². The van der Waals surface area contributed by atoms with Crippen molar-refractivity contribution < 1.29 is 9.15 Å². The van der Waals surface area contributed by atoms with Crippen LogP contribution in [0.15, 0.2) is 34.9 Å². The largest absolute Gasteiger partial charge is 0.464 e. The maximum atomic E-state index is 6.37. The summed E-state index contributed by atoms with van der Waals surface area (Å²) in [4.78, 5) is 4.97. The predicted molar refractivity (Wildman–Crippen MR) is 101 cm³/mol. The van der Waals surface area contributed by atoms with E-state index < -0.39 is 0 Å². The Hall–Kier alpha value is -1.36. The lowest BCUT2D eigenvalue weighted by molar-refractivity contribution is 0.0144. The van der Waals surface area contributed by atoms with Crippen molar-refractivity contribution in [2.24, 2.45) is 0 Å². The monoisotopic (exact) mass is 342 g/mol. The van der Waals surface area contributed by atoms with Crippen LogP contribution in [0.25, 0.3) is 11.0 Å². The van der Waals surface area contributed by atoms with Gasteiger partial charge < -0.3 is 19.0 Å². The Bertz CT molecular complexity index is 690. The number of hydrogen-bond acceptors (Lipinski definition) is 4. The second-order valence-electron chi connectivity index (χ2n) is 7.93. The number of rotatable bonds is 5. The zero-order chi connectivity index (χ0) is 17.2. The Kier molecular flexibility index (Phi) is 5.11. The first-order valence-corrected chi connectivity index (χ1v) is 9.68. The zero-order valence-corrected chi connectivity index (χ0v) is 15.5. The number of likely N-dealkylation sites (N-methyl/N-ethyl adjacent to an activating group) is 1. The van der Waals surface area contributed by atoms with Gasteiger partial charge in [0.25, 0.3) is 0 Å². The van der Waals surface area contributed by atoms with Crippen LogP contribution in [0.4, 0.5) is 0 Å². The summed E-state index contributed by atoms with van der Waals surface area (Å²) in [6.07, 6.45) is 8.46. The second kappa shape index (κ2) is 7.48. The number of nitrogens with zero attached hydrogens (tertiary/aromatic N) is 2. The van der Waals surface area contributed by atoms with Crippen molar-refractivity contribution in [3.63, 3.8) is 0 Å². The minimum Gasteiger partial charge on any atom is -0.464 e. The van der Waals surface area contributed by atoms with Gasteiger partial charge >= 0.3 is 0 Å². The molecule has 2 aliphatic heterocycles. The van der Waals surface area contributed by atoms with Crippen LogP contribution in [0.2, 0.25) is 0 Å². The van der Waals surface area contributed by atoms with Crippen molar-refractivity contribution in [2.75, 3.05) is 33.7 Å². The highest BCUT2D eigenvalue weighted by molar-refractivity contribution is 5.77. The van der Waals surface area contributed by atoms with Crippen LogP contribution in [0, 0.1) is 0 Å². The Morgan fingerprint density at radius 2 is 1.88 bits per heavy atom. The molecule has 4 nitrogen and oxygen atoms in total. The maximum absolute atomic E-state index is 6.37. The number of piperidine rings is 1. The molecule has 0 amide bonds. The summed E-state index contributed by atoms with van der Waals surface area (Å²) >= 11 is 0. The topological polar surface area (TPSA) is 28.9 Å². The predicted octanol–water partition coefficient (Wildman–Crippen LogP) is 3.55. The van der Waals surface area contributed by atoms with E-state index in [1.54, 1.807) is 6.26 Å². The summed E-state index contributed by atoms with van der Waals surface area (Å²) in [6.45, 7) is 3.52. The van der Waals surface area contributed by atoms with Gasteiger partial charge in [-0.15, -0.1) is 0 Å². The van der Waals surface area contributed by atoms with E-state index in [2.05, 4.69) is 42.1 Å². The first-order chi connectivity index (χ1) is 12.2. The zero-order valence-electron chi connectivity index (χ0n) is 15.5. The van der Waals surface area contributed by atoms with Gasteiger partial charge in [-0.25, -0.2) is 0 Å². The minimum atomic E-state index is 0.361. The molecule has 2 saturated heterocycles. The molecule has 0 saturated carbocycles. The summed E-state index contributed by atoms with van der Waals surface area (Å²) in [6, 6.07) is 9.24. The summed E-state index contributed by atoms with van der Waals surface area (Å²) in [5, 5.41) is 1.19. The lowest BCUT2D eigenvalue weighted by Gasteiger charge is -2.36. The molecule has 0 radical (unpaired) electrons. The van der Waals surface area contributed by atoms with Crippen molar-refractivity contribution in [2.45, 2.75) is 50.4 Å². The van der Waals surface area contributed by atoms with Crippen LogP contribution in [-0.2, 0) is 11.2 Å². The van der Waals surface area contributed by atoms with Crippen molar-refractivity contribution in [1.29, 1.82) is 0 Å². The van der Waals surface area contributed by atoms with Crippen molar-refractivity contribution in [1.82, 2.24) is 9.80 Å². The Balaban J connectivity index is 1.27. The van der Waals surface area contributed by atoms with E-state index in [1.807, 2.05) is 6.07 Å². The molecule has 25 heavy (non-hydrogen) atoms. The quantitative estimate of drug-likeness (QED) is 0.831. The molecule has 4 heteroatoms. The average Bonchev–Trinajstić information content (AvgIpc) is 3.24. The molecule has 136 valence electrons. The smallest absolute Gasteiger partial charge is 0.133 e.